The number of rotatable bonds is 9. The molecule has 1 saturated heterocycles. The summed E-state index contributed by atoms with van der Waals surface area (Å²) in [6.07, 6.45) is 3.13. The number of likely N-dealkylation sites (tertiary alicyclic amines) is 1. The van der Waals surface area contributed by atoms with Crippen LogP contribution in [-0.4, -0.2) is 53.9 Å². The second kappa shape index (κ2) is 14.1. The lowest BCUT2D eigenvalue weighted by atomic mass is 9.90. The molecule has 0 aliphatic carbocycles. The van der Waals surface area contributed by atoms with Gasteiger partial charge in [0.1, 0.15) is 17.3 Å². The summed E-state index contributed by atoms with van der Waals surface area (Å²) in [6, 6.07) is 23.2. The van der Waals surface area contributed by atoms with E-state index in [0.717, 1.165) is 54.9 Å². The molecule has 2 heterocycles. The third-order valence-corrected chi connectivity index (χ3v) is 8.53. The van der Waals surface area contributed by atoms with Crippen LogP contribution in [0.25, 0.3) is 5.69 Å². The van der Waals surface area contributed by atoms with Crippen LogP contribution in [0.5, 0.6) is 11.5 Å². The van der Waals surface area contributed by atoms with Crippen LogP contribution >= 0.6 is 0 Å². The van der Waals surface area contributed by atoms with Crippen LogP contribution in [-0.2, 0) is 23.1 Å². The van der Waals surface area contributed by atoms with Gasteiger partial charge in [-0.15, -0.1) is 0 Å². The molecule has 0 spiro atoms. The highest BCUT2D eigenvalue weighted by atomic mass is 16.5. The van der Waals surface area contributed by atoms with E-state index in [0.29, 0.717) is 35.3 Å². The van der Waals surface area contributed by atoms with Crippen LogP contribution in [0.15, 0.2) is 72.8 Å². The molecule has 1 fully saturated rings. The summed E-state index contributed by atoms with van der Waals surface area (Å²) in [5.41, 5.74) is 5.52. The maximum Gasteiger partial charge on any atom is 0.324 e. The lowest BCUT2D eigenvalue weighted by Crippen LogP contribution is -2.39. The van der Waals surface area contributed by atoms with E-state index in [-0.39, 0.29) is 17.4 Å². The highest BCUT2D eigenvalue weighted by molar-refractivity contribution is 5.99. The zero-order chi connectivity index (χ0) is 32.8. The predicted octanol–water partition coefficient (Wildman–Crippen LogP) is 7.16. The summed E-state index contributed by atoms with van der Waals surface area (Å²) in [4.78, 5) is 28.1. The van der Waals surface area contributed by atoms with Crippen molar-refractivity contribution in [3.63, 3.8) is 0 Å². The highest BCUT2D eigenvalue weighted by Gasteiger charge is 2.25. The largest absolute Gasteiger partial charge is 0.497 e. The van der Waals surface area contributed by atoms with Gasteiger partial charge in [-0.2, -0.15) is 5.10 Å². The molecular formula is C37H45N5O4. The van der Waals surface area contributed by atoms with Gasteiger partial charge in [-0.25, -0.2) is 9.48 Å². The van der Waals surface area contributed by atoms with Crippen LogP contribution in [0, 0.1) is 12.8 Å². The normalized spacial score (nSPS) is 13.7. The smallest absolute Gasteiger partial charge is 0.324 e. The van der Waals surface area contributed by atoms with E-state index in [9.17, 15) is 9.59 Å². The van der Waals surface area contributed by atoms with Crippen LogP contribution in [0.4, 0.5) is 16.3 Å². The predicted molar refractivity (Wildman–Crippen MR) is 182 cm³/mol. The number of nitrogens with one attached hydrogen (secondary N) is 2. The first-order valence-electron chi connectivity index (χ1n) is 15.9. The third kappa shape index (κ3) is 8.07. The van der Waals surface area contributed by atoms with Crippen LogP contribution in [0.3, 0.4) is 0 Å². The van der Waals surface area contributed by atoms with Crippen LogP contribution in [0.2, 0.25) is 0 Å². The Morgan fingerprint density at radius 1 is 0.891 bits per heavy atom. The van der Waals surface area contributed by atoms with Crippen molar-refractivity contribution in [3.05, 3.63) is 95.2 Å². The molecule has 1 aliphatic heterocycles. The number of carbonyl (C=O) groups excluding carboxylic acids is 2. The monoisotopic (exact) mass is 623 g/mol. The minimum absolute atomic E-state index is 0.107. The molecule has 5 rings (SSSR count). The van der Waals surface area contributed by atoms with E-state index in [2.05, 4.69) is 43.5 Å². The maximum absolute atomic E-state index is 13.1. The summed E-state index contributed by atoms with van der Waals surface area (Å²) in [5.74, 6) is 2.62. The van der Waals surface area contributed by atoms with E-state index >= 15 is 0 Å². The molecule has 1 aromatic heterocycles. The number of hydrogen-bond donors (Lipinski definition) is 2. The first-order valence-corrected chi connectivity index (χ1v) is 15.9. The Labute approximate surface area is 271 Å². The zero-order valence-electron chi connectivity index (χ0n) is 27.7. The van der Waals surface area contributed by atoms with Crippen molar-refractivity contribution in [2.24, 2.45) is 5.92 Å². The average molecular weight is 624 g/mol. The first kappa shape index (κ1) is 32.6. The second-order valence-electron chi connectivity index (χ2n) is 13.1. The van der Waals surface area contributed by atoms with Gasteiger partial charge in [0.25, 0.3) is 0 Å². The van der Waals surface area contributed by atoms with Gasteiger partial charge in [0.2, 0.25) is 5.91 Å². The number of anilines is 2. The fourth-order valence-corrected chi connectivity index (χ4v) is 5.74. The summed E-state index contributed by atoms with van der Waals surface area (Å²) >= 11 is 0. The number of aromatic nitrogens is 2. The molecule has 9 heteroatoms. The number of hydrogen-bond acceptors (Lipinski definition) is 5. The molecule has 3 amide bonds. The fraction of sp³-hybridized carbons (Fsp3) is 0.378. The fourth-order valence-electron chi connectivity index (χ4n) is 5.74. The van der Waals surface area contributed by atoms with E-state index in [1.54, 1.807) is 18.9 Å². The lowest BCUT2D eigenvalue weighted by Gasteiger charge is -2.32. The second-order valence-corrected chi connectivity index (χ2v) is 13.1. The molecular weight excluding hydrogens is 578 g/mol. The molecule has 1 aliphatic rings. The van der Waals surface area contributed by atoms with Gasteiger partial charge in [-0.3, -0.25) is 10.1 Å². The van der Waals surface area contributed by atoms with Gasteiger partial charge in [-0.05, 0) is 80.1 Å². The lowest BCUT2D eigenvalue weighted by molar-refractivity contribution is -0.131. The number of piperidine rings is 1. The number of benzene rings is 3. The summed E-state index contributed by atoms with van der Waals surface area (Å²) in [7, 11) is 3.23. The number of urea groups is 1. The SMILES string of the molecule is COc1ccc(OC)c(CC(=O)N2CCC(Cc3ccc(NC(=O)Nc4cc(C(C)(C)C)nn4-c4ccc(C)cc4)cc3)CC2)c1. The van der Waals surface area contributed by atoms with Crippen molar-refractivity contribution in [3.8, 4) is 17.2 Å². The average Bonchev–Trinajstić information content (AvgIpc) is 3.47. The Morgan fingerprint density at radius 3 is 2.22 bits per heavy atom. The first-order chi connectivity index (χ1) is 22.0. The van der Waals surface area contributed by atoms with Gasteiger partial charge in [0.05, 0.1) is 32.0 Å². The molecule has 0 unspecified atom stereocenters. The van der Waals surface area contributed by atoms with Gasteiger partial charge < -0.3 is 19.7 Å². The molecule has 9 nitrogen and oxygen atoms in total. The van der Waals surface area contributed by atoms with Gasteiger partial charge in [-0.1, -0.05) is 50.6 Å². The van der Waals surface area contributed by atoms with Crippen LogP contribution in [0.1, 0.15) is 56.0 Å². The van der Waals surface area contributed by atoms with E-state index in [4.69, 9.17) is 14.6 Å². The van der Waals surface area contributed by atoms with E-state index < -0.39 is 0 Å². The summed E-state index contributed by atoms with van der Waals surface area (Å²) < 4.78 is 12.6. The topological polar surface area (TPSA) is 97.7 Å². The molecule has 3 aromatic carbocycles. The van der Waals surface area contributed by atoms with Crippen molar-refractivity contribution in [1.29, 1.82) is 0 Å². The summed E-state index contributed by atoms with van der Waals surface area (Å²) in [6.45, 7) is 9.83. The van der Waals surface area contributed by atoms with Gasteiger partial charge >= 0.3 is 6.03 Å². The maximum atomic E-state index is 13.1. The third-order valence-electron chi connectivity index (χ3n) is 8.53. The Morgan fingerprint density at radius 2 is 1.59 bits per heavy atom. The Balaban J connectivity index is 1.13. The Bertz CT molecular complexity index is 1650. The molecule has 46 heavy (non-hydrogen) atoms. The van der Waals surface area contributed by atoms with E-state index in [1.165, 1.54) is 5.56 Å². The standard InChI is InChI=1S/C37H45N5O4/c1-25-7-13-30(14-8-25)42-34(24-33(40-42)37(2,3)4)39-36(44)38-29-11-9-26(10-12-29)21-27-17-19-41(20-18-27)35(43)23-28-22-31(45-5)15-16-32(28)46-6/h7-16,22,24,27H,17-21,23H2,1-6H3,(H2,38,39,44). The zero-order valence-corrected chi connectivity index (χ0v) is 27.7. The molecule has 0 bridgehead atoms. The van der Waals surface area contributed by atoms with E-state index in [1.807, 2.05) is 72.5 Å². The van der Waals surface area contributed by atoms with Crippen molar-refractivity contribution < 1.29 is 19.1 Å². The number of carbonyl (C=O) groups is 2. The van der Waals surface area contributed by atoms with Crippen molar-refractivity contribution in [2.75, 3.05) is 37.9 Å². The van der Waals surface area contributed by atoms with Crippen molar-refractivity contribution in [1.82, 2.24) is 14.7 Å². The number of methoxy groups -OCH3 is 2. The number of ether oxygens (including phenoxy) is 2. The van der Waals surface area contributed by atoms with Crippen molar-refractivity contribution in [2.45, 2.75) is 58.8 Å². The Kier molecular flexibility index (Phi) is 9.99. The molecule has 4 aromatic rings. The highest BCUT2D eigenvalue weighted by Crippen LogP contribution is 2.28. The van der Waals surface area contributed by atoms with Gasteiger partial charge in [0.15, 0.2) is 0 Å². The minimum atomic E-state index is -0.329. The molecule has 242 valence electrons. The molecule has 0 radical (unpaired) electrons. The molecule has 0 atom stereocenters. The molecule has 0 saturated carbocycles. The van der Waals surface area contributed by atoms with Crippen LogP contribution < -0.4 is 20.1 Å². The molecule has 2 N–H and O–H groups in total. The number of nitrogens with zero attached hydrogens (tertiary/aromatic N) is 3. The Hall–Kier alpha value is -4.79. The quantitative estimate of drug-likeness (QED) is 0.206. The summed E-state index contributed by atoms with van der Waals surface area (Å²) in [5, 5.41) is 10.7. The van der Waals surface area contributed by atoms with Gasteiger partial charge in [0, 0.05) is 35.8 Å². The minimum Gasteiger partial charge on any atom is -0.497 e. The van der Waals surface area contributed by atoms with Crippen molar-refractivity contribution >= 4 is 23.4 Å². The number of amides is 3. The number of aryl methyl sites for hydroxylation is 1.